The summed E-state index contributed by atoms with van der Waals surface area (Å²) in [6.45, 7) is 2.02. The van der Waals surface area contributed by atoms with Crippen molar-refractivity contribution in [2.75, 3.05) is 7.11 Å². The van der Waals surface area contributed by atoms with Gasteiger partial charge in [0, 0.05) is 16.2 Å². The molecular weight excluding hydrogens is 472 g/mol. The number of aryl methyl sites for hydroxylation is 1. The molecule has 2 heterocycles. The molecule has 1 atom stereocenters. The minimum Gasteiger partial charge on any atom is -0.507 e. The number of aliphatic hydroxyl groups excluding tert-OH is 1. The van der Waals surface area contributed by atoms with Crippen molar-refractivity contribution in [1.29, 1.82) is 0 Å². The van der Waals surface area contributed by atoms with Gasteiger partial charge in [0.25, 0.3) is 11.7 Å². The summed E-state index contributed by atoms with van der Waals surface area (Å²) in [7, 11) is 1.55. The van der Waals surface area contributed by atoms with E-state index in [-0.39, 0.29) is 17.9 Å². The number of rotatable bonds is 5. The maximum atomic E-state index is 13.1. The fourth-order valence-corrected chi connectivity index (χ4v) is 4.06. The van der Waals surface area contributed by atoms with E-state index in [2.05, 4.69) is 20.9 Å². The zero-order chi connectivity index (χ0) is 22.8. The Labute approximate surface area is 194 Å². The Morgan fingerprint density at radius 1 is 1.12 bits per heavy atom. The third kappa shape index (κ3) is 4.03. The van der Waals surface area contributed by atoms with Gasteiger partial charge in [-0.1, -0.05) is 40.2 Å². The van der Waals surface area contributed by atoms with Gasteiger partial charge in [-0.2, -0.15) is 0 Å². The van der Waals surface area contributed by atoms with Crippen molar-refractivity contribution in [2.24, 2.45) is 0 Å². The second kappa shape index (κ2) is 8.96. The Balaban J connectivity index is 1.89. The summed E-state index contributed by atoms with van der Waals surface area (Å²) in [6.07, 6.45) is 1.64. The van der Waals surface area contributed by atoms with Gasteiger partial charge in [0.15, 0.2) is 0 Å². The summed E-state index contributed by atoms with van der Waals surface area (Å²) in [5.41, 5.74) is 2.71. The molecule has 162 valence electrons. The van der Waals surface area contributed by atoms with Gasteiger partial charge in [0.1, 0.15) is 11.5 Å². The first-order valence-corrected chi connectivity index (χ1v) is 10.8. The van der Waals surface area contributed by atoms with Crippen LogP contribution in [0, 0.1) is 6.92 Å². The van der Waals surface area contributed by atoms with E-state index >= 15 is 0 Å². The van der Waals surface area contributed by atoms with Crippen LogP contribution in [0.4, 0.5) is 0 Å². The Bertz CT molecular complexity index is 1220. The summed E-state index contributed by atoms with van der Waals surface area (Å²) >= 11 is 3.45. The van der Waals surface area contributed by atoms with Crippen molar-refractivity contribution in [2.45, 2.75) is 19.5 Å². The maximum absolute atomic E-state index is 13.1. The summed E-state index contributed by atoms with van der Waals surface area (Å²) in [5, 5.41) is 11.2. The number of aromatic nitrogens is 1. The van der Waals surface area contributed by atoms with E-state index in [4.69, 9.17) is 4.74 Å². The monoisotopic (exact) mass is 492 g/mol. The predicted molar refractivity (Wildman–Crippen MR) is 124 cm³/mol. The fraction of sp³-hybridized carbons (Fsp3) is 0.160. The van der Waals surface area contributed by atoms with Crippen molar-refractivity contribution < 1.29 is 19.4 Å². The number of ether oxygens (including phenoxy) is 1. The Kier molecular flexibility index (Phi) is 6.10. The maximum Gasteiger partial charge on any atom is 0.296 e. The second-order valence-electron chi connectivity index (χ2n) is 7.49. The minimum atomic E-state index is -0.781. The summed E-state index contributed by atoms with van der Waals surface area (Å²) in [6, 6.07) is 17.1. The molecule has 1 aromatic heterocycles. The molecule has 1 aliphatic heterocycles. The molecule has 1 N–H and O–H groups in total. The highest BCUT2D eigenvalue weighted by atomic mass is 79.9. The second-order valence-corrected chi connectivity index (χ2v) is 8.34. The number of hydrogen-bond acceptors (Lipinski definition) is 5. The molecule has 1 saturated heterocycles. The van der Waals surface area contributed by atoms with Gasteiger partial charge in [0.05, 0.1) is 31.0 Å². The first-order chi connectivity index (χ1) is 15.4. The van der Waals surface area contributed by atoms with Crippen LogP contribution in [0.3, 0.4) is 0 Å². The SMILES string of the molecule is COc1cccc(C2/C(=C(/O)c3ccc(Br)c(C)c3)C(=O)C(=O)N2Cc2ccccn2)c1. The highest BCUT2D eigenvalue weighted by molar-refractivity contribution is 9.10. The molecule has 1 fully saturated rings. The number of aliphatic hydroxyl groups is 1. The number of ketones is 1. The van der Waals surface area contributed by atoms with Crippen molar-refractivity contribution in [3.05, 3.63) is 99.3 Å². The van der Waals surface area contributed by atoms with Gasteiger partial charge >= 0.3 is 0 Å². The summed E-state index contributed by atoms with van der Waals surface area (Å²) < 4.78 is 6.23. The minimum absolute atomic E-state index is 0.0425. The number of carbonyl (C=O) groups is 2. The highest BCUT2D eigenvalue weighted by Gasteiger charge is 2.46. The van der Waals surface area contributed by atoms with E-state index in [0.717, 1.165) is 10.0 Å². The third-order valence-corrected chi connectivity index (χ3v) is 6.33. The lowest BCUT2D eigenvalue weighted by molar-refractivity contribution is -0.140. The van der Waals surface area contributed by atoms with Crippen molar-refractivity contribution >= 4 is 33.4 Å². The van der Waals surface area contributed by atoms with Gasteiger partial charge in [0.2, 0.25) is 0 Å². The number of nitrogens with zero attached hydrogens (tertiary/aromatic N) is 2. The quantitative estimate of drug-likeness (QED) is 0.314. The van der Waals surface area contributed by atoms with E-state index in [1.807, 2.05) is 19.1 Å². The lowest BCUT2D eigenvalue weighted by Crippen LogP contribution is -2.29. The molecule has 2 aromatic carbocycles. The zero-order valence-electron chi connectivity index (χ0n) is 17.6. The topological polar surface area (TPSA) is 79.7 Å². The highest BCUT2D eigenvalue weighted by Crippen LogP contribution is 2.41. The molecule has 0 spiro atoms. The zero-order valence-corrected chi connectivity index (χ0v) is 19.2. The van der Waals surface area contributed by atoms with E-state index in [0.29, 0.717) is 22.6 Å². The first-order valence-electron chi connectivity index (χ1n) is 9.99. The standard InChI is InChI=1S/C25H21BrN2O4/c1-15-12-17(9-10-20(15)26)23(29)21-22(16-6-5-8-19(13-16)32-2)28(25(31)24(21)30)14-18-7-3-4-11-27-18/h3-13,22,29H,14H2,1-2H3/b23-21-. The molecule has 1 amide bonds. The summed E-state index contributed by atoms with van der Waals surface area (Å²) in [5.74, 6) is -1.04. The molecule has 7 heteroatoms. The summed E-state index contributed by atoms with van der Waals surface area (Å²) in [4.78, 5) is 32.0. The number of Topliss-reactive ketones (excluding diaryl/α,β-unsaturated/α-hetero) is 1. The molecule has 0 aliphatic carbocycles. The van der Waals surface area contributed by atoms with Crippen molar-refractivity contribution in [3.8, 4) is 5.75 Å². The van der Waals surface area contributed by atoms with Crippen LogP contribution in [0.2, 0.25) is 0 Å². The van der Waals surface area contributed by atoms with Crippen LogP contribution in [0.1, 0.15) is 28.4 Å². The molecule has 3 aromatic rings. The molecule has 6 nitrogen and oxygen atoms in total. The van der Waals surface area contributed by atoms with Crippen LogP contribution in [0.25, 0.3) is 5.76 Å². The molecule has 0 radical (unpaired) electrons. The molecule has 1 unspecified atom stereocenters. The van der Waals surface area contributed by atoms with E-state index < -0.39 is 17.7 Å². The van der Waals surface area contributed by atoms with Crippen LogP contribution < -0.4 is 4.74 Å². The number of hydrogen-bond donors (Lipinski definition) is 1. The van der Waals surface area contributed by atoms with Gasteiger partial charge in [-0.05, 0) is 54.4 Å². The smallest absolute Gasteiger partial charge is 0.296 e. The molecule has 1 aliphatic rings. The number of methoxy groups -OCH3 is 1. The van der Waals surface area contributed by atoms with E-state index in [1.54, 1.807) is 61.8 Å². The number of amides is 1. The van der Waals surface area contributed by atoms with Crippen LogP contribution in [-0.2, 0) is 16.1 Å². The van der Waals surface area contributed by atoms with Crippen molar-refractivity contribution in [3.63, 3.8) is 0 Å². The third-order valence-electron chi connectivity index (χ3n) is 5.44. The van der Waals surface area contributed by atoms with Gasteiger partial charge < -0.3 is 14.7 Å². The Morgan fingerprint density at radius 3 is 2.62 bits per heavy atom. The average Bonchev–Trinajstić information content (AvgIpc) is 3.06. The number of carbonyl (C=O) groups excluding carboxylic acids is 2. The van der Waals surface area contributed by atoms with E-state index in [9.17, 15) is 14.7 Å². The molecule has 32 heavy (non-hydrogen) atoms. The molecular formula is C25H21BrN2O4. The van der Waals surface area contributed by atoms with Crippen LogP contribution in [0.15, 0.2) is 76.9 Å². The number of pyridine rings is 1. The number of benzene rings is 2. The lowest BCUT2D eigenvalue weighted by atomic mass is 9.94. The van der Waals surface area contributed by atoms with Crippen LogP contribution >= 0.6 is 15.9 Å². The van der Waals surface area contributed by atoms with Crippen LogP contribution in [0.5, 0.6) is 5.75 Å². The molecule has 0 bridgehead atoms. The molecule has 4 rings (SSSR count). The number of halogens is 1. The Hall–Kier alpha value is -3.45. The average molecular weight is 493 g/mol. The van der Waals surface area contributed by atoms with E-state index in [1.165, 1.54) is 4.90 Å². The van der Waals surface area contributed by atoms with Crippen LogP contribution in [-0.4, -0.2) is 33.8 Å². The van der Waals surface area contributed by atoms with Gasteiger partial charge in [-0.25, -0.2) is 0 Å². The molecule has 0 saturated carbocycles. The van der Waals surface area contributed by atoms with Gasteiger partial charge in [-0.3, -0.25) is 14.6 Å². The Morgan fingerprint density at radius 2 is 1.94 bits per heavy atom. The predicted octanol–water partition coefficient (Wildman–Crippen LogP) is 4.78. The number of likely N-dealkylation sites (tertiary alicyclic amines) is 1. The van der Waals surface area contributed by atoms with Gasteiger partial charge in [-0.15, -0.1) is 0 Å². The van der Waals surface area contributed by atoms with Crippen molar-refractivity contribution in [1.82, 2.24) is 9.88 Å². The normalized spacial score (nSPS) is 17.6. The largest absolute Gasteiger partial charge is 0.507 e. The first kappa shape index (κ1) is 21.8. The fourth-order valence-electron chi connectivity index (χ4n) is 3.81. The lowest BCUT2D eigenvalue weighted by Gasteiger charge is -2.25.